The summed E-state index contributed by atoms with van der Waals surface area (Å²) in [5.74, 6) is 0. The van der Waals surface area contributed by atoms with Gasteiger partial charge >= 0.3 is 0 Å². The van der Waals surface area contributed by atoms with Gasteiger partial charge in [-0.2, -0.15) is 10.4 Å². The van der Waals surface area contributed by atoms with Crippen LogP contribution in [-0.2, 0) is 0 Å². The zero-order valence-corrected chi connectivity index (χ0v) is 4.42. The summed E-state index contributed by atoms with van der Waals surface area (Å²) >= 11 is 0. The molecule has 3 heteroatoms. The van der Waals surface area contributed by atoms with Crippen LogP contribution in [0.3, 0.4) is 0 Å². The lowest BCUT2D eigenvalue weighted by molar-refractivity contribution is 0.779. The molecule has 0 aromatic heterocycles. The summed E-state index contributed by atoms with van der Waals surface area (Å²) in [5.41, 5.74) is 0. The Labute approximate surface area is 42.7 Å². The number of nitrogens with zero attached hydrogens (tertiary/aromatic N) is 3. The van der Waals surface area contributed by atoms with Gasteiger partial charge in [0.2, 0.25) is 6.19 Å². The summed E-state index contributed by atoms with van der Waals surface area (Å²) in [6, 6.07) is 0.139. The molecule has 0 aromatic rings. The predicted octanol–water partition coefficient (Wildman–Crippen LogP) is 1.33. The van der Waals surface area contributed by atoms with Crippen LogP contribution in [-0.4, -0.2) is 6.04 Å². The average molecular weight is 97.1 g/mol. The Kier molecular flexibility index (Phi) is 2.86. The zero-order valence-electron chi connectivity index (χ0n) is 4.42. The van der Waals surface area contributed by atoms with Gasteiger partial charge in [-0.3, -0.25) is 0 Å². The molecule has 0 saturated heterocycles. The molecule has 0 aliphatic carbocycles. The molecule has 0 heterocycles. The quantitative estimate of drug-likeness (QED) is 0.359. The van der Waals surface area contributed by atoms with Crippen LogP contribution in [0.1, 0.15) is 13.8 Å². The molecular formula is C4H7N3. The van der Waals surface area contributed by atoms with Gasteiger partial charge < -0.3 is 0 Å². The molecule has 0 radical (unpaired) electrons. The van der Waals surface area contributed by atoms with Gasteiger partial charge in [-0.25, -0.2) is 0 Å². The van der Waals surface area contributed by atoms with Crippen LogP contribution in [0, 0.1) is 11.5 Å². The fourth-order valence-electron chi connectivity index (χ4n) is 0.141. The third-order valence-electron chi connectivity index (χ3n) is 0.333. The van der Waals surface area contributed by atoms with E-state index in [-0.39, 0.29) is 6.04 Å². The second-order valence-electron chi connectivity index (χ2n) is 1.41. The molecule has 3 nitrogen and oxygen atoms in total. The van der Waals surface area contributed by atoms with Crippen molar-refractivity contribution in [2.75, 3.05) is 0 Å². The molecule has 0 aliphatic rings. The first kappa shape index (κ1) is 6.09. The van der Waals surface area contributed by atoms with Crippen molar-refractivity contribution >= 4 is 0 Å². The monoisotopic (exact) mass is 97.1 g/mol. The average Bonchev–Trinajstić information content (AvgIpc) is 1.61. The zero-order chi connectivity index (χ0) is 5.70. The fourth-order valence-corrected chi connectivity index (χ4v) is 0.141. The Morgan fingerprint density at radius 2 is 2.14 bits per heavy atom. The maximum atomic E-state index is 7.80. The van der Waals surface area contributed by atoms with Crippen LogP contribution in [0.2, 0.25) is 0 Å². The standard InChI is InChI=1S/C4H7N3/c1-4(2)7-6-3-5/h4H,1-2H3. The molecule has 0 unspecified atom stereocenters. The summed E-state index contributed by atoms with van der Waals surface area (Å²) in [6.45, 7) is 3.72. The molecule has 0 atom stereocenters. The predicted molar refractivity (Wildman–Crippen MR) is 25.6 cm³/mol. The first-order chi connectivity index (χ1) is 3.27. The summed E-state index contributed by atoms with van der Waals surface area (Å²) < 4.78 is 0. The Morgan fingerprint density at radius 1 is 1.57 bits per heavy atom. The topological polar surface area (TPSA) is 48.5 Å². The summed E-state index contributed by atoms with van der Waals surface area (Å²) in [6.07, 6.45) is 1.56. The first-order valence-corrected chi connectivity index (χ1v) is 2.06. The van der Waals surface area contributed by atoms with Crippen LogP contribution in [0.4, 0.5) is 0 Å². The van der Waals surface area contributed by atoms with E-state index in [4.69, 9.17) is 5.26 Å². The molecule has 0 N–H and O–H groups in total. The molecule has 0 fully saturated rings. The van der Waals surface area contributed by atoms with E-state index in [0.717, 1.165) is 0 Å². The first-order valence-electron chi connectivity index (χ1n) is 2.06. The molecule has 0 aliphatic heterocycles. The molecule has 0 spiro atoms. The van der Waals surface area contributed by atoms with E-state index in [9.17, 15) is 0 Å². The second-order valence-corrected chi connectivity index (χ2v) is 1.41. The van der Waals surface area contributed by atoms with E-state index in [1.54, 1.807) is 6.19 Å². The molecule has 0 rings (SSSR count). The summed E-state index contributed by atoms with van der Waals surface area (Å²) in [4.78, 5) is 0. The molecule has 38 valence electrons. The third-order valence-corrected chi connectivity index (χ3v) is 0.333. The molecule has 0 amide bonds. The third kappa shape index (κ3) is 5.09. The Bertz CT molecular complexity index is 98.0. The molecule has 0 saturated carbocycles. The number of hydrogen-bond donors (Lipinski definition) is 0. The highest BCUT2D eigenvalue weighted by atomic mass is 15.1. The summed E-state index contributed by atoms with van der Waals surface area (Å²) in [5, 5.41) is 14.4. The van der Waals surface area contributed by atoms with Crippen LogP contribution >= 0.6 is 0 Å². The highest BCUT2D eigenvalue weighted by Crippen LogP contribution is 1.84. The lowest BCUT2D eigenvalue weighted by Crippen LogP contribution is -1.82. The van der Waals surface area contributed by atoms with Gasteiger partial charge in [0.05, 0.1) is 6.04 Å². The molecular weight excluding hydrogens is 90.1 g/mol. The van der Waals surface area contributed by atoms with E-state index in [1.165, 1.54) is 0 Å². The van der Waals surface area contributed by atoms with Crippen molar-refractivity contribution in [3.63, 3.8) is 0 Å². The highest BCUT2D eigenvalue weighted by molar-refractivity contribution is 4.60. The Balaban J connectivity index is 3.31. The smallest absolute Gasteiger partial charge is 0.175 e. The van der Waals surface area contributed by atoms with Crippen molar-refractivity contribution in [3.8, 4) is 6.19 Å². The van der Waals surface area contributed by atoms with Gasteiger partial charge in [0.1, 0.15) is 0 Å². The van der Waals surface area contributed by atoms with Gasteiger partial charge in [0.15, 0.2) is 0 Å². The van der Waals surface area contributed by atoms with Crippen molar-refractivity contribution < 1.29 is 0 Å². The fraction of sp³-hybridized carbons (Fsp3) is 0.750. The van der Waals surface area contributed by atoms with E-state index < -0.39 is 0 Å². The van der Waals surface area contributed by atoms with Gasteiger partial charge in [0, 0.05) is 0 Å². The molecule has 0 aromatic carbocycles. The van der Waals surface area contributed by atoms with Crippen LogP contribution < -0.4 is 0 Å². The molecule has 7 heavy (non-hydrogen) atoms. The van der Waals surface area contributed by atoms with E-state index in [0.29, 0.717) is 0 Å². The van der Waals surface area contributed by atoms with E-state index in [1.807, 2.05) is 13.8 Å². The van der Waals surface area contributed by atoms with Crippen molar-refractivity contribution in [1.82, 2.24) is 0 Å². The van der Waals surface area contributed by atoms with E-state index in [2.05, 4.69) is 10.2 Å². The normalized spacial score (nSPS) is 10.0. The minimum Gasteiger partial charge on any atom is -0.175 e. The van der Waals surface area contributed by atoms with Crippen molar-refractivity contribution in [2.45, 2.75) is 19.9 Å². The number of rotatable bonds is 1. The SMILES string of the molecule is CC(C)N=NC#N. The maximum Gasteiger partial charge on any atom is 0.225 e. The lowest BCUT2D eigenvalue weighted by atomic mass is 10.4. The minimum atomic E-state index is 0.139. The second kappa shape index (κ2) is 3.29. The Hall–Kier alpha value is -0.910. The van der Waals surface area contributed by atoms with E-state index >= 15 is 0 Å². The van der Waals surface area contributed by atoms with Crippen LogP contribution in [0.5, 0.6) is 0 Å². The van der Waals surface area contributed by atoms with Gasteiger partial charge in [-0.1, -0.05) is 5.11 Å². The number of azo groups is 1. The maximum absolute atomic E-state index is 7.80. The van der Waals surface area contributed by atoms with Crippen molar-refractivity contribution in [3.05, 3.63) is 0 Å². The lowest BCUT2D eigenvalue weighted by Gasteiger charge is -1.84. The van der Waals surface area contributed by atoms with Crippen molar-refractivity contribution in [2.24, 2.45) is 10.2 Å². The minimum absolute atomic E-state index is 0.139. The van der Waals surface area contributed by atoms with Gasteiger partial charge in [-0.15, -0.1) is 0 Å². The number of nitriles is 1. The largest absolute Gasteiger partial charge is 0.225 e. The number of hydrogen-bond acceptors (Lipinski definition) is 3. The van der Waals surface area contributed by atoms with Gasteiger partial charge in [-0.05, 0) is 13.8 Å². The summed E-state index contributed by atoms with van der Waals surface area (Å²) in [7, 11) is 0. The van der Waals surface area contributed by atoms with Crippen LogP contribution in [0.15, 0.2) is 10.2 Å². The van der Waals surface area contributed by atoms with Gasteiger partial charge in [0.25, 0.3) is 0 Å². The van der Waals surface area contributed by atoms with Crippen LogP contribution in [0.25, 0.3) is 0 Å². The van der Waals surface area contributed by atoms with Crippen molar-refractivity contribution in [1.29, 1.82) is 5.26 Å². The molecule has 0 bridgehead atoms. The highest BCUT2D eigenvalue weighted by Gasteiger charge is 1.80. The Morgan fingerprint density at radius 3 is 2.29 bits per heavy atom.